The van der Waals surface area contributed by atoms with Gasteiger partial charge in [0.2, 0.25) is 0 Å². The van der Waals surface area contributed by atoms with E-state index in [1.54, 1.807) is 6.92 Å². The summed E-state index contributed by atoms with van der Waals surface area (Å²) in [5.41, 5.74) is -0.383. The van der Waals surface area contributed by atoms with Gasteiger partial charge in [0.15, 0.2) is 4.34 Å². The van der Waals surface area contributed by atoms with E-state index in [1.807, 2.05) is 0 Å². The molecule has 2 heterocycles. The molecule has 0 spiro atoms. The SMILES string of the molecule is CC1CN(S(=O)(=O)c2cc([N+](=O)[O-])c(Cl)s2)CCO1. The molecule has 1 aliphatic heterocycles. The molecule has 1 saturated heterocycles. The number of thiophene rings is 1. The summed E-state index contributed by atoms with van der Waals surface area (Å²) >= 11 is 6.38. The molecule has 10 heteroatoms. The van der Waals surface area contributed by atoms with Gasteiger partial charge in [0, 0.05) is 19.2 Å². The normalized spacial score (nSPS) is 21.5. The third-order valence-corrected chi connectivity index (χ3v) is 6.29. The molecule has 1 aromatic heterocycles. The van der Waals surface area contributed by atoms with Crippen molar-refractivity contribution in [3.63, 3.8) is 0 Å². The third-order valence-electron chi connectivity index (χ3n) is 2.64. The van der Waals surface area contributed by atoms with E-state index in [0.29, 0.717) is 17.9 Å². The van der Waals surface area contributed by atoms with Gasteiger partial charge in [-0.15, -0.1) is 11.3 Å². The summed E-state index contributed by atoms with van der Waals surface area (Å²) in [5.74, 6) is 0. The topological polar surface area (TPSA) is 89.8 Å². The zero-order valence-electron chi connectivity index (χ0n) is 9.91. The van der Waals surface area contributed by atoms with Crippen LogP contribution < -0.4 is 0 Å². The molecule has 0 aromatic carbocycles. The molecule has 1 fully saturated rings. The van der Waals surface area contributed by atoms with Crippen molar-refractivity contribution in [3.8, 4) is 0 Å². The first-order valence-electron chi connectivity index (χ1n) is 5.38. The van der Waals surface area contributed by atoms with Gasteiger partial charge in [-0.05, 0) is 6.92 Å². The Morgan fingerprint density at radius 2 is 2.32 bits per heavy atom. The predicted octanol–water partition coefficient (Wildman–Crippen LogP) is 1.72. The van der Waals surface area contributed by atoms with Crippen LogP contribution in [-0.2, 0) is 14.8 Å². The monoisotopic (exact) mass is 326 g/mol. The number of hydrogen-bond donors (Lipinski definition) is 0. The minimum absolute atomic E-state index is 0.113. The van der Waals surface area contributed by atoms with Crippen LogP contribution in [0.1, 0.15) is 6.92 Å². The fourth-order valence-electron chi connectivity index (χ4n) is 1.72. The maximum atomic E-state index is 12.3. The maximum Gasteiger partial charge on any atom is 0.300 e. The van der Waals surface area contributed by atoms with E-state index in [0.717, 1.165) is 6.07 Å². The van der Waals surface area contributed by atoms with Crippen molar-refractivity contribution in [1.29, 1.82) is 0 Å². The molecule has 0 bridgehead atoms. The largest absolute Gasteiger partial charge is 0.376 e. The summed E-state index contributed by atoms with van der Waals surface area (Å²) < 4.78 is 30.9. The van der Waals surface area contributed by atoms with Gasteiger partial charge in [-0.25, -0.2) is 8.42 Å². The molecule has 1 aromatic rings. The lowest BCUT2D eigenvalue weighted by atomic mass is 10.3. The maximum absolute atomic E-state index is 12.3. The number of nitrogens with zero attached hydrogens (tertiary/aromatic N) is 2. The lowest BCUT2D eigenvalue weighted by Gasteiger charge is -2.29. The van der Waals surface area contributed by atoms with E-state index in [2.05, 4.69) is 0 Å². The quantitative estimate of drug-likeness (QED) is 0.623. The lowest BCUT2D eigenvalue weighted by molar-refractivity contribution is -0.384. The highest BCUT2D eigenvalue weighted by Gasteiger charge is 2.33. The van der Waals surface area contributed by atoms with Crippen LogP contribution in [-0.4, -0.2) is 43.4 Å². The Morgan fingerprint density at radius 3 is 2.84 bits per heavy atom. The Balaban J connectivity index is 2.34. The molecule has 0 radical (unpaired) electrons. The van der Waals surface area contributed by atoms with Crippen LogP contribution in [0.25, 0.3) is 0 Å². The molecular weight excluding hydrogens is 316 g/mol. The first-order chi connectivity index (χ1) is 8.82. The molecule has 0 amide bonds. The molecule has 0 aliphatic carbocycles. The van der Waals surface area contributed by atoms with E-state index in [-0.39, 0.29) is 33.4 Å². The molecule has 2 rings (SSSR count). The van der Waals surface area contributed by atoms with Crippen LogP contribution in [0.15, 0.2) is 10.3 Å². The van der Waals surface area contributed by atoms with Crippen LogP contribution in [0.4, 0.5) is 5.69 Å². The molecule has 1 atom stereocenters. The lowest BCUT2D eigenvalue weighted by Crippen LogP contribution is -2.44. The molecule has 7 nitrogen and oxygen atoms in total. The highest BCUT2D eigenvalue weighted by atomic mass is 35.5. The average molecular weight is 327 g/mol. The van der Waals surface area contributed by atoms with E-state index >= 15 is 0 Å². The number of ether oxygens (including phenoxy) is 1. The van der Waals surface area contributed by atoms with E-state index < -0.39 is 14.9 Å². The number of sulfonamides is 1. The van der Waals surface area contributed by atoms with Crippen molar-refractivity contribution in [2.75, 3.05) is 19.7 Å². The third kappa shape index (κ3) is 2.90. The fourth-order valence-corrected chi connectivity index (χ4v) is 5.04. The van der Waals surface area contributed by atoms with Gasteiger partial charge in [0.25, 0.3) is 15.7 Å². The summed E-state index contributed by atoms with van der Waals surface area (Å²) in [6, 6.07) is 1.00. The number of morpholine rings is 1. The summed E-state index contributed by atoms with van der Waals surface area (Å²) in [5, 5.41) is 10.7. The molecular formula is C9H11ClN2O5S2. The van der Waals surface area contributed by atoms with Gasteiger partial charge < -0.3 is 4.74 Å². The van der Waals surface area contributed by atoms with Crippen molar-refractivity contribution in [2.45, 2.75) is 17.2 Å². The standard InChI is InChI=1S/C9H11ClN2O5S2/c1-6-5-11(2-3-17-6)19(15,16)8-4-7(12(13)14)9(10)18-8/h4,6H,2-3,5H2,1H3. The van der Waals surface area contributed by atoms with Gasteiger partial charge in [-0.3, -0.25) is 10.1 Å². The highest BCUT2D eigenvalue weighted by Crippen LogP contribution is 2.37. The minimum atomic E-state index is -3.75. The van der Waals surface area contributed by atoms with Gasteiger partial charge >= 0.3 is 0 Å². The van der Waals surface area contributed by atoms with Crippen molar-refractivity contribution in [1.82, 2.24) is 4.31 Å². The van der Waals surface area contributed by atoms with Crippen LogP contribution in [0.2, 0.25) is 4.34 Å². The highest BCUT2D eigenvalue weighted by molar-refractivity contribution is 7.91. The smallest absolute Gasteiger partial charge is 0.300 e. The second-order valence-corrected chi connectivity index (χ2v) is 7.84. The van der Waals surface area contributed by atoms with E-state index in [9.17, 15) is 18.5 Å². The van der Waals surface area contributed by atoms with E-state index in [1.165, 1.54) is 4.31 Å². The number of hydrogen-bond acceptors (Lipinski definition) is 6. The summed E-state index contributed by atoms with van der Waals surface area (Å²) in [6.45, 7) is 2.54. The zero-order chi connectivity index (χ0) is 14.2. The Morgan fingerprint density at radius 1 is 1.63 bits per heavy atom. The second kappa shape index (κ2) is 5.33. The first kappa shape index (κ1) is 14.7. The summed E-state index contributed by atoms with van der Waals surface area (Å²) in [7, 11) is -3.75. The van der Waals surface area contributed by atoms with Crippen molar-refractivity contribution < 1.29 is 18.1 Å². The van der Waals surface area contributed by atoms with Crippen molar-refractivity contribution >= 4 is 38.6 Å². The van der Waals surface area contributed by atoms with Crippen LogP contribution in [0.3, 0.4) is 0 Å². The van der Waals surface area contributed by atoms with Crippen LogP contribution >= 0.6 is 22.9 Å². The number of halogens is 1. The van der Waals surface area contributed by atoms with Crippen LogP contribution in [0, 0.1) is 10.1 Å². The Kier molecular flexibility index (Phi) is 4.11. The van der Waals surface area contributed by atoms with Crippen molar-refractivity contribution in [3.05, 3.63) is 20.5 Å². The van der Waals surface area contributed by atoms with Crippen molar-refractivity contribution in [2.24, 2.45) is 0 Å². The van der Waals surface area contributed by atoms with E-state index in [4.69, 9.17) is 16.3 Å². The molecule has 0 N–H and O–H groups in total. The van der Waals surface area contributed by atoms with Gasteiger partial charge in [0.1, 0.15) is 4.21 Å². The summed E-state index contributed by atoms with van der Waals surface area (Å²) in [6.07, 6.45) is -0.200. The Hall–Kier alpha value is -0.740. The minimum Gasteiger partial charge on any atom is -0.376 e. The molecule has 1 aliphatic rings. The predicted molar refractivity (Wildman–Crippen MR) is 70.2 cm³/mol. The molecule has 0 saturated carbocycles. The average Bonchev–Trinajstić information content (AvgIpc) is 2.72. The van der Waals surface area contributed by atoms with Gasteiger partial charge in [0.05, 0.1) is 17.6 Å². The number of nitro groups is 1. The number of rotatable bonds is 3. The zero-order valence-corrected chi connectivity index (χ0v) is 12.3. The Bertz CT molecular complexity index is 600. The second-order valence-electron chi connectivity index (χ2n) is 4.03. The Labute approximate surface area is 118 Å². The molecule has 106 valence electrons. The van der Waals surface area contributed by atoms with Gasteiger partial charge in [-0.1, -0.05) is 11.6 Å². The molecule has 19 heavy (non-hydrogen) atoms. The fraction of sp³-hybridized carbons (Fsp3) is 0.556. The van der Waals surface area contributed by atoms with Crippen LogP contribution in [0.5, 0.6) is 0 Å². The summed E-state index contributed by atoms with van der Waals surface area (Å²) in [4.78, 5) is 10.00. The molecule has 1 unspecified atom stereocenters. The van der Waals surface area contributed by atoms with Gasteiger partial charge in [-0.2, -0.15) is 4.31 Å². The first-order valence-corrected chi connectivity index (χ1v) is 8.01.